The molecule has 0 bridgehead atoms. The Morgan fingerprint density at radius 2 is 1.91 bits per heavy atom. The first-order chi connectivity index (χ1) is 10.6. The Morgan fingerprint density at radius 3 is 2.64 bits per heavy atom. The van der Waals surface area contributed by atoms with Crippen molar-refractivity contribution in [3.63, 3.8) is 0 Å². The summed E-state index contributed by atoms with van der Waals surface area (Å²) >= 11 is 6.17. The van der Waals surface area contributed by atoms with Crippen molar-refractivity contribution < 1.29 is 9.84 Å². The number of nitrogens with zero attached hydrogens (tertiary/aromatic N) is 2. The molecule has 0 atom stereocenters. The van der Waals surface area contributed by atoms with Crippen molar-refractivity contribution >= 4 is 11.6 Å². The van der Waals surface area contributed by atoms with E-state index >= 15 is 0 Å². The van der Waals surface area contributed by atoms with E-state index < -0.39 is 0 Å². The molecule has 0 aliphatic carbocycles. The smallest absolute Gasteiger partial charge is 0.290 e. The van der Waals surface area contributed by atoms with E-state index in [0.29, 0.717) is 26.7 Å². The van der Waals surface area contributed by atoms with Crippen molar-refractivity contribution in [2.75, 3.05) is 0 Å². The monoisotopic (exact) mass is 312 g/mol. The Labute approximate surface area is 132 Å². The van der Waals surface area contributed by atoms with E-state index in [4.69, 9.17) is 11.6 Å². The SMILES string of the molecule is Cc1cc(-c2cc(-c3ccccc3Cl)[n+]([O-])cn2)ccc1O. The third kappa shape index (κ3) is 2.61. The summed E-state index contributed by atoms with van der Waals surface area (Å²) in [5.41, 5.74) is 3.30. The van der Waals surface area contributed by atoms with Crippen LogP contribution in [0.2, 0.25) is 5.02 Å². The van der Waals surface area contributed by atoms with Crippen LogP contribution >= 0.6 is 11.6 Å². The Bertz CT molecular complexity index is 850. The van der Waals surface area contributed by atoms with Gasteiger partial charge in [-0.25, -0.2) is 4.73 Å². The van der Waals surface area contributed by atoms with Crippen molar-refractivity contribution in [2.45, 2.75) is 6.92 Å². The molecule has 110 valence electrons. The summed E-state index contributed by atoms with van der Waals surface area (Å²) < 4.78 is 0.692. The Balaban J connectivity index is 2.14. The highest BCUT2D eigenvalue weighted by atomic mass is 35.5. The van der Waals surface area contributed by atoms with Gasteiger partial charge < -0.3 is 10.3 Å². The summed E-state index contributed by atoms with van der Waals surface area (Å²) in [5.74, 6) is 0.227. The fourth-order valence-electron chi connectivity index (χ4n) is 2.25. The number of phenols is 1. The third-order valence-electron chi connectivity index (χ3n) is 3.45. The molecule has 3 rings (SSSR count). The van der Waals surface area contributed by atoms with Crippen LogP contribution in [0.25, 0.3) is 22.5 Å². The zero-order valence-corrected chi connectivity index (χ0v) is 12.6. The minimum Gasteiger partial charge on any atom is -0.710 e. The van der Waals surface area contributed by atoms with Crippen LogP contribution in [0, 0.1) is 12.1 Å². The second-order valence-electron chi connectivity index (χ2n) is 4.97. The molecule has 1 heterocycles. The van der Waals surface area contributed by atoms with Crippen LogP contribution in [0.3, 0.4) is 0 Å². The van der Waals surface area contributed by atoms with E-state index in [2.05, 4.69) is 4.98 Å². The van der Waals surface area contributed by atoms with Gasteiger partial charge in [-0.15, -0.1) is 0 Å². The summed E-state index contributed by atoms with van der Waals surface area (Å²) in [7, 11) is 0. The molecule has 0 unspecified atom stereocenters. The van der Waals surface area contributed by atoms with E-state index in [1.165, 1.54) is 6.33 Å². The molecular weight excluding hydrogens is 300 g/mol. The molecule has 0 aliphatic rings. The number of rotatable bonds is 2. The summed E-state index contributed by atoms with van der Waals surface area (Å²) in [4.78, 5) is 4.16. The Kier molecular flexibility index (Phi) is 3.69. The van der Waals surface area contributed by atoms with Crippen LogP contribution in [0.4, 0.5) is 0 Å². The van der Waals surface area contributed by atoms with Crippen molar-refractivity contribution in [3.05, 3.63) is 70.7 Å². The second-order valence-corrected chi connectivity index (χ2v) is 5.37. The zero-order valence-electron chi connectivity index (χ0n) is 11.8. The normalized spacial score (nSPS) is 10.6. The molecule has 1 N–H and O–H groups in total. The number of hydrogen-bond donors (Lipinski definition) is 1. The summed E-state index contributed by atoms with van der Waals surface area (Å²) in [6, 6.07) is 14.1. The lowest BCUT2D eigenvalue weighted by Crippen LogP contribution is -2.29. The fourth-order valence-corrected chi connectivity index (χ4v) is 2.48. The van der Waals surface area contributed by atoms with Gasteiger partial charge in [-0.3, -0.25) is 0 Å². The highest BCUT2D eigenvalue weighted by molar-refractivity contribution is 6.33. The fraction of sp³-hybridized carbons (Fsp3) is 0.0588. The Hall–Kier alpha value is -2.59. The molecule has 22 heavy (non-hydrogen) atoms. The molecule has 0 saturated carbocycles. The van der Waals surface area contributed by atoms with Gasteiger partial charge in [0.05, 0.1) is 5.02 Å². The highest BCUT2D eigenvalue weighted by Gasteiger charge is 2.14. The van der Waals surface area contributed by atoms with Gasteiger partial charge in [0.1, 0.15) is 11.4 Å². The van der Waals surface area contributed by atoms with Crippen LogP contribution in [0.15, 0.2) is 54.9 Å². The minimum atomic E-state index is 0.227. The van der Waals surface area contributed by atoms with Gasteiger partial charge in [-0.05, 0) is 47.8 Å². The molecular formula is C17H13ClN2O2. The van der Waals surface area contributed by atoms with Crippen molar-refractivity contribution in [3.8, 4) is 28.3 Å². The van der Waals surface area contributed by atoms with Crippen LogP contribution in [-0.4, -0.2) is 10.1 Å². The molecule has 3 aromatic rings. The molecule has 0 aliphatic heterocycles. The first-order valence-corrected chi connectivity index (χ1v) is 7.08. The molecule has 2 aromatic carbocycles. The van der Waals surface area contributed by atoms with Gasteiger partial charge in [0, 0.05) is 17.2 Å². The quantitative estimate of drug-likeness (QED) is 0.579. The van der Waals surface area contributed by atoms with Crippen LogP contribution in [0.5, 0.6) is 5.75 Å². The maximum Gasteiger partial charge on any atom is 0.290 e. The van der Waals surface area contributed by atoms with E-state index in [9.17, 15) is 10.3 Å². The number of halogens is 1. The number of hydrogen-bond acceptors (Lipinski definition) is 3. The van der Waals surface area contributed by atoms with E-state index in [0.717, 1.165) is 11.1 Å². The molecule has 1 aromatic heterocycles. The minimum absolute atomic E-state index is 0.227. The van der Waals surface area contributed by atoms with Crippen LogP contribution in [-0.2, 0) is 0 Å². The first kappa shape index (κ1) is 14.4. The molecule has 0 amide bonds. The van der Waals surface area contributed by atoms with Crippen molar-refractivity contribution in [2.24, 2.45) is 0 Å². The van der Waals surface area contributed by atoms with Gasteiger partial charge in [0.15, 0.2) is 5.69 Å². The van der Waals surface area contributed by atoms with E-state index in [1.807, 2.05) is 25.1 Å². The molecule has 0 saturated heterocycles. The van der Waals surface area contributed by atoms with Crippen LogP contribution < -0.4 is 4.73 Å². The van der Waals surface area contributed by atoms with Gasteiger partial charge >= 0.3 is 0 Å². The number of aromatic hydroxyl groups is 1. The van der Waals surface area contributed by atoms with Gasteiger partial charge in [-0.2, -0.15) is 0 Å². The lowest BCUT2D eigenvalue weighted by atomic mass is 10.1. The summed E-state index contributed by atoms with van der Waals surface area (Å²) in [6.07, 6.45) is 1.22. The van der Waals surface area contributed by atoms with E-state index in [1.54, 1.807) is 30.3 Å². The molecule has 4 nitrogen and oxygen atoms in total. The predicted molar refractivity (Wildman–Crippen MR) is 85.5 cm³/mol. The number of phenolic OH excluding ortho intramolecular Hbond substituents is 1. The largest absolute Gasteiger partial charge is 0.710 e. The zero-order chi connectivity index (χ0) is 15.7. The van der Waals surface area contributed by atoms with Crippen LogP contribution in [0.1, 0.15) is 5.56 Å². The molecule has 0 fully saturated rings. The van der Waals surface area contributed by atoms with Gasteiger partial charge in [-0.1, -0.05) is 23.7 Å². The lowest BCUT2D eigenvalue weighted by molar-refractivity contribution is -0.597. The molecule has 0 spiro atoms. The summed E-state index contributed by atoms with van der Waals surface area (Å²) in [5, 5.41) is 22.1. The average molecular weight is 313 g/mol. The molecule has 0 radical (unpaired) electrons. The lowest BCUT2D eigenvalue weighted by Gasteiger charge is -2.10. The van der Waals surface area contributed by atoms with Crippen molar-refractivity contribution in [1.29, 1.82) is 0 Å². The number of aromatic nitrogens is 2. The average Bonchev–Trinajstić information content (AvgIpc) is 2.51. The highest BCUT2D eigenvalue weighted by Crippen LogP contribution is 2.29. The van der Waals surface area contributed by atoms with Crippen molar-refractivity contribution in [1.82, 2.24) is 4.98 Å². The number of aryl methyl sites for hydroxylation is 1. The third-order valence-corrected chi connectivity index (χ3v) is 3.78. The topological polar surface area (TPSA) is 60.1 Å². The Morgan fingerprint density at radius 1 is 1.14 bits per heavy atom. The van der Waals surface area contributed by atoms with Gasteiger partial charge in [0.25, 0.3) is 6.33 Å². The maximum absolute atomic E-state index is 12.0. The summed E-state index contributed by atoms with van der Waals surface area (Å²) in [6.45, 7) is 1.81. The van der Waals surface area contributed by atoms with Gasteiger partial charge in [0.2, 0.25) is 0 Å². The predicted octanol–water partition coefficient (Wildman–Crippen LogP) is 3.72. The molecule has 5 heteroatoms. The standard InChI is InChI=1S/C17H13ClN2O2/c1-11-8-12(6-7-17(11)21)15-9-16(20(22)10-19-15)13-4-2-3-5-14(13)18/h2-10,21H,1H3. The number of benzene rings is 2. The second kappa shape index (κ2) is 5.66. The maximum atomic E-state index is 12.0. The first-order valence-electron chi connectivity index (χ1n) is 6.70. The van der Waals surface area contributed by atoms with E-state index in [-0.39, 0.29) is 5.75 Å².